The van der Waals surface area contributed by atoms with Crippen LogP contribution in [0.25, 0.3) is 0 Å². The summed E-state index contributed by atoms with van der Waals surface area (Å²) in [5, 5.41) is 0. The zero-order valence-corrected chi connectivity index (χ0v) is 11.9. The maximum absolute atomic E-state index is 10.9. The molecule has 0 heterocycles. The van der Waals surface area contributed by atoms with E-state index in [1.165, 1.54) is 12.8 Å². The van der Waals surface area contributed by atoms with Crippen molar-refractivity contribution in [3.8, 4) is 0 Å². The lowest BCUT2D eigenvalue weighted by Crippen LogP contribution is -2.29. The van der Waals surface area contributed by atoms with Crippen molar-refractivity contribution in [3.63, 3.8) is 0 Å². The average molecular weight is 249 g/mol. The van der Waals surface area contributed by atoms with Crippen molar-refractivity contribution in [3.05, 3.63) is 0 Å². The molecule has 0 N–H and O–H groups in total. The van der Waals surface area contributed by atoms with Gasteiger partial charge in [-0.3, -0.25) is 4.79 Å². The molecule has 0 fully saturated rings. The first kappa shape index (κ1) is 30.0. The SMILES string of the molecule is C.C.CCC.CCC.CCC(=O)N(CC)CC. The summed E-state index contributed by atoms with van der Waals surface area (Å²) < 4.78 is 0. The first-order valence-corrected chi connectivity index (χ1v) is 6.36. The molecule has 0 unspecified atom stereocenters. The highest BCUT2D eigenvalue weighted by atomic mass is 16.2. The number of carbonyl (C=O) groups is 1. The maximum atomic E-state index is 10.9. The molecule has 0 saturated heterocycles. The standard InChI is InChI=1S/C7H15NO.2C3H8.2CH4/c1-4-7(9)8(5-2)6-3;2*1-3-2;;/h4-6H2,1-3H3;2*3H2,1-2H3;2*1H4. The Balaban J connectivity index is -0.0000000514. The highest BCUT2D eigenvalue weighted by Crippen LogP contribution is 1.91. The Morgan fingerprint density at radius 3 is 1.06 bits per heavy atom. The Morgan fingerprint density at radius 1 is 0.765 bits per heavy atom. The quantitative estimate of drug-likeness (QED) is 0.658. The fraction of sp³-hybridized carbons (Fsp3) is 0.933. The fourth-order valence-electron chi connectivity index (χ4n) is 0.800. The van der Waals surface area contributed by atoms with Gasteiger partial charge in [0.15, 0.2) is 0 Å². The molecule has 110 valence electrons. The van der Waals surface area contributed by atoms with Crippen molar-refractivity contribution in [2.24, 2.45) is 0 Å². The summed E-state index contributed by atoms with van der Waals surface area (Å²) in [7, 11) is 0. The zero-order chi connectivity index (χ0) is 12.7. The Bertz CT molecular complexity index is 107. The van der Waals surface area contributed by atoms with E-state index < -0.39 is 0 Å². The van der Waals surface area contributed by atoms with Crippen LogP contribution in [0.15, 0.2) is 0 Å². The van der Waals surface area contributed by atoms with E-state index in [9.17, 15) is 4.79 Å². The second kappa shape index (κ2) is 29.5. The van der Waals surface area contributed by atoms with E-state index in [2.05, 4.69) is 27.7 Å². The first-order valence-electron chi connectivity index (χ1n) is 6.36. The van der Waals surface area contributed by atoms with Crippen LogP contribution in [-0.2, 0) is 4.79 Å². The second-order valence-corrected chi connectivity index (χ2v) is 3.33. The van der Waals surface area contributed by atoms with E-state index in [4.69, 9.17) is 0 Å². The third kappa shape index (κ3) is 31.3. The lowest BCUT2D eigenvalue weighted by Gasteiger charge is -2.16. The van der Waals surface area contributed by atoms with E-state index in [1.54, 1.807) is 0 Å². The number of rotatable bonds is 3. The Kier molecular flexibility index (Phi) is 52.1. The van der Waals surface area contributed by atoms with Crippen molar-refractivity contribution in [2.45, 2.75) is 82.6 Å². The summed E-state index contributed by atoms with van der Waals surface area (Å²) in [4.78, 5) is 12.7. The van der Waals surface area contributed by atoms with E-state index in [-0.39, 0.29) is 20.8 Å². The Labute approximate surface area is 112 Å². The third-order valence-electron chi connectivity index (χ3n) is 1.42. The van der Waals surface area contributed by atoms with Gasteiger partial charge in [0.05, 0.1) is 0 Å². The molecule has 0 aromatic rings. The molecule has 0 aromatic heterocycles. The number of nitrogens with zero attached hydrogens (tertiary/aromatic N) is 1. The van der Waals surface area contributed by atoms with Gasteiger partial charge in [-0.25, -0.2) is 0 Å². The van der Waals surface area contributed by atoms with Crippen LogP contribution < -0.4 is 0 Å². The zero-order valence-electron chi connectivity index (χ0n) is 11.9. The molecule has 0 rings (SSSR count). The maximum Gasteiger partial charge on any atom is 0.222 e. The monoisotopic (exact) mass is 249 g/mol. The molecule has 1 amide bonds. The van der Waals surface area contributed by atoms with Crippen LogP contribution in [0.1, 0.15) is 82.6 Å². The van der Waals surface area contributed by atoms with Gasteiger partial charge in [-0.15, -0.1) is 0 Å². The van der Waals surface area contributed by atoms with Gasteiger partial charge in [-0.1, -0.05) is 62.3 Å². The van der Waals surface area contributed by atoms with Crippen LogP contribution >= 0.6 is 0 Å². The third-order valence-corrected chi connectivity index (χ3v) is 1.42. The molecule has 0 spiro atoms. The van der Waals surface area contributed by atoms with Crippen LogP contribution in [0.4, 0.5) is 0 Å². The summed E-state index contributed by atoms with van der Waals surface area (Å²) >= 11 is 0. The molecule has 2 nitrogen and oxygen atoms in total. The number of amides is 1. The molecule has 0 radical (unpaired) electrons. The lowest BCUT2D eigenvalue weighted by atomic mass is 10.4. The van der Waals surface area contributed by atoms with Gasteiger partial charge in [-0.2, -0.15) is 0 Å². The minimum absolute atomic E-state index is 0. The molecule has 0 saturated carbocycles. The number of carbonyl (C=O) groups excluding carboxylic acids is 1. The highest BCUT2D eigenvalue weighted by molar-refractivity contribution is 5.75. The molecule has 0 aromatic carbocycles. The van der Waals surface area contributed by atoms with Crippen molar-refractivity contribution in [2.75, 3.05) is 13.1 Å². The summed E-state index contributed by atoms with van der Waals surface area (Å²) in [6.07, 6.45) is 3.13. The van der Waals surface area contributed by atoms with Gasteiger partial charge in [0.1, 0.15) is 0 Å². The number of hydrogen-bond acceptors (Lipinski definition) is 1. The summed E-state index contributed by atoms with van der Waals surface area (Å²) in [6, 6.07) is 0. The van der Waals surface area contributed by atoms with Crippen molar-refractivity contribution < 1.29 is 4.79 Å². The fourth-order valence-corrected chi connectivity index (χ4v) is 0.800. The van der Waals surface area contributed by atoms with E-state index in [0.29, 0.717) is 6.42 Å². The largest absolute Gasteiger partial charge is 0.343 e. The topological polar surface area (TPSA) is 20.3 Å². The average Bonchev–Trinajstić information content (AvgIpc) is 2.21. The van der Waals surface area contributed by atoms with Gasteiger partial charge in [0.25, 0.3) is 0 Å². The highest BCUT2D eigenvalue weighted by Gasteiger charge is 2.03. The lowest BCUT2D eigenvalue weighted by molar-refractivity contribution is -0.130. The molecule has 0 aliphatic heterocycles. The van der Waals surface area contributed by atoms with Gasteiger partial charge in [0.2, 0.25) is 5.91 Å². The van der Waals surface area contributed by atoms with Gasteiger partial charge in [-0.05, 0) is 13.8 Å². The first-order chi connectivity index (χ1) is 7.09. The predicted octanol–water partition coefficient (Wildman–Crippen LogP) is 5.37. The van der Waals surface area contributed by atoms with Gasteiger partial charge >= 0.3 is 0 Å². The number of hydrogen-bond donors (Lipinski definition) is 0. The van der Waals surface area contributed by atoms with Crippen molar-refractivity contribution in [1.29, 1.82) is 0 Å². The molecular weight excluding hydrogens is 210 g/mol. The van der Waals surface area contributed by atoms with Crippen LogP contribution in [0.3, 0.4) is 0 Å². The minimum atomic E-state index is 0. The Hall–Kier alpha value is -0.530. The van der Waals surface area contributed by atoms with Crippen molar-refractivity contribution in [1.82, 2.24) is 4.90 Å². The van der Waals surface area contributed by atoms with Crippen LogP contribution in [0.5, 0.6) is 0 Å². The molecule has 0 aliphatic rings. The summed E-state index contributed by atoms with van der Waals surface area (Å²) in [5.41, 5.74) is 0. The van der Waals surface area contributed by atoms with Crippen LogP contribution in [-0.4, -0.2) is 23.9 Å². The van der Waals surface area contributed by atoms with Gasteiger partial charge in [0, 0.05) is 19.5 Å². The molecule has 0 bridgehead atoms. The van der Waals surface area contributed by atoms with Gasteiger partial charge < -0.3 is 4.90 Å². The molecular formula is C15H39NO. The van der Waals surface area contributed by atoms with Crippen LogP contribution in [0, 0.1) is 0 Å². The summed E-state index contributed by atoms with van der Waals surface area (Å²) in [5.74, 6) is 0.250. The molecule has 0 aliphatic carbocycles. The smallest absolute Gasteiger partial charge is 0.222 e. The summed E-state index contributed by atoms with van der Waals surface area (Å²) in [6.45, 7) is 16.1. The molecule has 0 atom stereocenters. The molecule has 17 heavy (non-hydrogen) atoms. The Morgan fingerprint density at radius 2 is 1.00 bits per heavy atom. The normalized spacial score (nSPS) is 7.00. The molecule has 2 heteroatoms. The van der Waals surface area contributed by atoms with E-state index in [1.807, 2.05) is 25.7 Å². The second-order valence-electron chi connectivity index (χ2n) is 3.33. The van der Waals surface area contributed by atoms with Crippen molar-refractivity contribution >= 4 is 5.91 Å². The van der Waals surface area contributed by atoms with E-state index in [0.717, 1.165) is 13.1 Å². The predicted molar refractivity (Wildman–Crippen MR) is 83.6 cm³/mol. The van der Waals surface area contributed by atoms with Crippen LogP contribution in [0.2, 0.25) is 0 Å². The van der Waals surface area contributed by atoms with E-state index >= 15 is 0 Å². The minimum Gasteiger partial charge on any atom is -0.343 e.